The molecular weight excluding hydrogens is 232 g/mol. The van der Waals surface area contributed by atoms with Gasteiger partial charge in [-0.25, -0.2) is 0 Å². The molecule has 96 valence electrons. The maximum atomic E-state index is 11.2. The Kier molecular flexibility index (Phi) is 3.88. The minimum atomic E-state index is -0.190. The third-order valence-electron chi connectivity index (χ3n) is 2.51. The molecule has 6 nitrogen and oxygen atoms in total. The molecule has 0 spiro atoms. The zero-order chi connectivity index (χ0) is 13.0. The smallest absolute Gasteiger partial charge is 0.264 e. The van der Waals surface area contributed by atoms with E-state index in [9.17, 15) is 4.79 Å². The van der Waals surface area contributed by atoms with Gasteiger partial charge in [-0.05, 0) is 26.0 Å². The van der Waals surface area contributed by atoms with Gasteiger partial charge in [-0.15, -0.1) is 10.2 Å². The van der Waals surface area contributed by atoms with E-state index < -0.39 is 0 Å². The monoisotopic (exact) mass is 248 g/mol. The van der Waals surface area contributed by atoms with E-state index in [2.05, 4.69) is 27.4 Å². The number of H-pyrrole nitrogens is 1. The average Bonchev–Trinajstić information content (AvgIpc) is 2.85. The van der Waals surface area contributed by atoms with Gasteiger partial charge in [0, 0.05) is 6.07 Å². The molecule has 6 heteroatoms. The quantitative estimate of drug-likeness (QED) is 0.837. The van der Waals surface area contributed by atoms with Crippen LogP contribution in [0, 0.1) is 0 Å². The molecule has 2 aromatic rings. The lowest BCUT2D eigenvalue weighted by Crippen LogP contribution is -2.19. The first-order valence-corrected chi connectivity index (χ1v) is 5.97. The first-order valence-electron chi connectivity index (χ1n) is 5.97. The Hall–Kier alpha value is -1.95. The molecule has 0 saturated carbocycles. The first-order chi connectivity index (χ1) is 8.70. The summed E-state index contributed by atoms with van der Waals surface area (Å²) in [5.74, 6) is 0.844. The molecule has 0 aliphatic carbocycles. The minimum Gasteiger partial charge on any atom is -0.418 e. The molecule has 1 unspecified atom stereocenters. The SMILES string of the molecule is CCCNC(C)c1nnc(-c2cccc(=O)[nH]2)o1. The maximum absolute atomic E-state index is 11.2. The van der Waals surface area contributed by atoms with E-state index in [-0.39, 0.29) is 11.6 Å². The van der Waals surface area contributed by atoms with Crippen LogP contribution >= 0.6 is 0 Å². The van der Waals surface area contributed by atoms with Gasteiger partial charge in [0.05, 0.1) is 6.04 Å². The van der Waals surface area contributed by atoms with Gasteiger partial charge in [-0.2, -0.15) is 0 Å². The summed E-state index contributed by atoms with van der Waals surface area (Å²) >= 11 is 0. The molecule has 0 aliphatic rings. The van der Waals surface area contributed by atoms with Crippen LogP contribution in [0.5, 0.6) is 0 Å². The lowest BCUT2D eigenvalue weighted by molar-refractivity contribution is 0.422. The van der Waals surface area contributed by atoms with E-state index in [0.29, 0.717) is 17.5 Å². The number of nitrogens with zero attached hydrogens (tertiary/aromatic N) is 2. The second kappa shape index (κ2) is 5.59. The van der Waals surface area contributed by atoms with Gasteiger partial charge in [-0.3, -0.25) is 4.79 Å². The highest BCUT2D eigenvalue weighted by atomic mass is 16.4. The number of aromatic amines is 1. The molecule has 1 atom stereocenters. The largest absolute Gasteiger partial charge is 0.418 e. The molecule has 0 bridgehead atoms. The van der Waals surface area contributed by atoms with Crippen molar-refractivity contribution in [2.75, 3.05) is 6.54 Å². The predicted octanol–water partition coefficient (Wildman–Crippen LogP) is 1.49. The highest BCUT2D eigenvalue weighted by Gasteiger charge is 2.14. The summed E-state index contributed by atoms with van der Waals surface area (Å²) in [6, 6.07) is 4.81. The van der Waals surface area contributed by atoms with Crippen LogP contribution in [0.4, 0.5) is 0 Å². The summed E-state index contributed by atoms with van der Waals surface area (Å²) in [6.07, 6.45) is 1.04. The zero-order valence-corrected chi connectivity index (χ0v) is 10.4. The number of aromatic nitrogens is 3. The Labute approximate surface area is 104 Å². The molecule has 0 aliphatic heterocycles. The number of nitrogens with one attached hydrogen (secondary N) is 2. The number of hydrogen-bond donors (Lipinski definition) is 2. The van der Waals surface area contributed by atoms with Gasteiger partial charge < -0.3 is 14.7 Å². The van der Waals surface area contributed by atoms with Crippen molar-refractivity contribution in [2.24, 2.45) is 0 Å². The van der Waals surface area contributed by atoms with E-state index in [1.165, 1.54) is 6.07 Å². The van der Waals surface area contributed by atoms with Crippen molar-refractivity contribution in [1.82, 2.24) is 20.5 Å². The Morgan fingerprint density at radius 2 is 2.28 bits per heavy atom. The third-order valence-corrected chi connectivity index (χ3v) is 2.51. The molecule has 2 rings (SSSR count). The van der Waals surface area contributed by atoms with Gasteiger partial charge in [0.2, 0.25) is 11.4 Å². The normalized spacial score (nSPS) is 12.6. The van der Waals surface area contributed by atoms with Crippen LogP contribution in [0.25, 0.3) is 11.6 Å². The van der Waals surface area contributed by atoms with Gasteiger partial charge >= 0.3 is 0 Å². The summed E-state index contributed by atoms with van der Waals surface area (Å²) in [4.78, 5) is 13.8. The first kappa shape index (κ1) is 12.5. The van der Waals surface area contributed by atoms with Crippen molar-refractivity contribution in [2.45, 2.75) is 26.3 Å². The Balaban J connectivity index is 2.17. The molecule has 0 amide bonds. The standard InChI is InChI=1S/C12H16N4O2/c1-3-7-13-8(2)11-15-16-12(18-11)9-5-4-6-10(17)14-9/h4-6,8,13H,3,7H2,1-2H3,(H,14,17). The highest BCUT2D eigenvalue weighted by Crippen LogP contribution is 2.17. The fourth-order valence-corrected chi connectivity index (χ4v) is 1.54. The lowest BCUT2D eigenvalue weighted by Gasteiger charge is -2.07. The molecule has 0 radical (unpaired) electrons. The van der Waals surface area contributed by atoms with Crippen LogP contribution in [0.15, 0.2) is 27.4 Å². The van der Waals surface area contributed by atoms with Crippen LogP contribution in [-0.4, -0.2) is 21.7 Å². The van der Waals surface area contributed by atoms with Gasteiger partial charge in [0.1, 0.15) is 5.69 Å². The summed E-state index contributed by atoms with van der Waals surface area (Å²) in [5.41, 5.74) is 0.341. The number of rotatable bonds is 5. The van der Waals surface area contributed by atoms with Crippen molar-refractivity contribution in [3.05, 3.63) is 34.4 Å². The van der Waals surface area contributed by atoms with Crippen LogP contribution in [0.1, 0.15) is 32.2 Å². The van der Waals surface area contributed by atoms with Crippen LogP contribution in [0.3, 0.4) is 0 Å². The fourth-order valence-electron chi connectivity index (χ4n) is 1.54. The Morgan fingerprint density at radius 1 is 1.44 bits per heavy atom. The molecule has 18 heavy (non-hydrogen) atoms. The third kappa shape index (κ3) is 2.84. The second-order valence-electron chi connectivity index (χ2n) is 4.05. The maximum Gasteiger partial charge on any atom is 0.264 e. The topological polar surface area (TPSA) is 83.8 Å². The summed E-state index contributed by atoms with van der Waals surface area (Å²) in [7, 11) is 0. The van der Waals surface area contributed by atoms with Crippen LogP contribution in [-0.2, 0) is 0 Å². The second-order valence-corrected chi connectivity index (χ2v) is 4.05. The van der Waals surface area contributed by atoms with Crippen LogP contribution < -0.4 is 10.9 Å². The molecule has 2 N–H and O–H groups in total. The van der Waals surface area contributed by atoms with Crippen molar-refractivity contribution in [3.63, 3.8) is 0 Å². The molecule has 0 saturated heterocycles. The predicted molar refractivity (Wildman–Crippen MR) is 67.1 cm³/mol. The van der Waals surface area contributed by atoms with E-state index >= 15 is 0 Å². The minimum absolute atomic E-state index is 0.00151. The molecular formula is C12H16N4O2. The van der Waals surface area contributed by atoms with Crippen LogP contribution in [0.2, 0.25) is 0 Å². The highest BCUT2D eigenvalue weighted by molar-refractivity contribution is 5.44. The summed E-state index contributed by atoms with van der Waals surface area (Å²) < 4.78 is 5.53. The van der Waals surface area contributed by atoms with Gasteiger partial charge in [-0.1, -0.05) is 13.0 Å². The number of pyridine rings is 1. The molecule has 0 aromatic carbocycles. The van der Waals surface area contributed by atoms with Crippen molar-refractivity contribution in [1.29, 1.82) is 0 Å². The van der Waals surface area contributed by atoms with Gasteiger partial charge in [0.15, 0.2) is 0 Å². The molecule has 2 aromatic heterocycles. The van der Waals surface area contributed by atoms with Crippen molar-refractivity contribution < 1.29 is 4.42 Å². The summed E-state index contributed by atoms with van der Waals surface area (Å²) in [5, 5.41) is 11.2. The van der Waals surface area contributed by atoms with Crippen molar-refractivity contribution >= 4 is 0 Å². The van der Waals surface area contributed by atoms with E-state index in [4.69, 9.17) is 4.42 Å². The zero-order valence-electron chi connectivity index (χ0n) is 10.4. The average molecular weight is 248 g/mol. The Morgan fingerprint density at radius 3 is 3.00 bits per heavy atom. The van der Waals surface area contributed by atoms with E-state index in [0.717, 1.165) is 13.0 Å². The Bertz CT molecular complexity index is 561. The van der Waals surface area contributed by atoms with Crippen molar-refractivity contribution in [3.8, 4) is 11.6 Å². The fraction of sp³-hybridized carbons (Fsp3) is 0.417. The number of hydrogen-bond acceptors (Lipinski definition) is 5. The summed E-state index contributed by atoms with van der Waals surface area (Å²) in [6.45, 7) is 4.94. The van der Waals surface area contributed by atoms with E-state index in [1.54, 1.807) is 12.1 Å². The van der Waals surface area contributed by atoms with Gasteiger partial charge in [0.25, 0.3) is 5.89 Å². The molecule has 2 heterocycles. The van der Waals surface area contributed by atoms with E-state index in [1.807, 2.05) is 6.92 Å². The molecule has 0 fully saturated rings. The lowest BCUT2D eigenvalue weighted by atomic mass is 10.3.